The highest BCUT2D eigenvalue weighted by molar-refractivity contribution is 7.92. The van der Waals surface area contributed by atoms with Crippen molar-refractivity contribution < 1.29 is 27.5 Å². The lowest BCUT2D eigenvalue weighted by Crippen LogP contribution is -2.53. The average molecular weight is 520 g/mol. The number of methoxy groups -OCH3 is 2. The summed E-state index contributed by atoms with van der Waals surface area (Å²) in [5.74, 6) is 0.355. The third-order valence-electron chi connectivity index (χ3n) is 5.92. The van der Waals surface area contributed by atoms with E-state index in [1.807, 2.05) is 32.9 Å². The molecule has 0 aromatic heterocycles. The molecule has 0 aliphatic rings. The van der Waals surface area contributed by atoms with Gasteiger partial charge in [0.25, 0.3) is 0 Å². The van der Waals surface area contributed by atoms with Gasteiger partial charge in [-0.15, -0.1) is 0 Å². The van der Waals surface area contributed by atoms with Gasteiger partial charge in [0, 0.05) is 18.7 Å². The summed E-state index contributed by atoms with van der Waals surface area (Å²) in [4.78, 5) is 28.3. The summed E-state index contributed by atoms with van der Waals surface area (Å²) in [7, 11) is -0.771. The number of benzene rings is 2. The first-order valence-corrected chi connectivity index (χ1v) is 13.7. The highest BCUT2D eigenvalue weighted by Gasteiger charge is 2.32. The van der Waals surface area contributed by atoms with Crippen LogP contribution in [0.2, 0.25) is 0 Å². The number of anilines is 1. The van der Waals surface area contributed by atoms with Crippen LogP contribution in [0.3, 0.4) is 0 Å². The maximum absolute atomic E-state index is 13.7. The first-order valence-electron chi connectivity index (χ1n) is 11.9. The largest absolute Gasteiger partial charge is 0.497 e. The third-order valence-corrected chi connectivity index (χ3v) is 7.06. The highest BCUT2D eigenvalue weighted by atomic mass is 32.2. The Morgan fingerprint density at radius 3 is 2.14 bits per heavy atom. The second-order valence-corrected chi connectivity index (χ2v) is 10.5. The fourth-order valence-corrected chi connectivity index (χ4v) is 4.51. The first kappa shape index (κ1) is 29.0. The summed E-state index contributed by atoms with van der Waals surface area (Å²) in [5.41, 5.74) is 1.08. The molecule has 2 aromatic rings. The molecule has 0 spiro atoms. The van der Waals surface area contributed by atoms with E-state index in [4.69, 9.17) is 9.47 Å². The lowest BCUT2D eigenvalue weighted by Gasteiger charge is -2.33. The number of amides is 2. The minimum atomic E-state index is -3.82. The van der Waals surface area contributed by atoms with Gasteiger partial charge in [-0.1, -0.05) is 32.0 Å². The Kier molecular flexibility index (Phi) is 10.6. The Labute approximate surface area is 214 Å². The molecule has 0 heterocycles. The number of ether oxygens (including phenoxy) is 2. The first-order chi connectivity index (χ1) is 17.0. The predicted molar refractivity (Wildman–Crippen MR) is 141 cm³/mol. The number of nitrogens with one attached hydrogen (secondary N) is 1. The van der Waals surface area contributed by atoms with Crippen molar-refractivity contribution in [3.63, 3.8) is 0 Å². The summed E-state index contributed by atoms with van der Waals surface area (Å²) in [6.45, 7) is 5.35. The summed E-state index contributed by atoms with van der Waals surface area (Å²) in [6.07, 6.45) is 2.15. The zero-order chi connectivity index (χ0) is 26.9. The van der Waals surface area contributed by atoms with Gasteiger partial charge in [0.15, 0.2) is 0 Å². The molecule has 36 heavy (non-hydrogen) atoms. The number of carbonyl (C=O) groups excluding carboxylic acids is 2. The van der Waals surface area contributed by atoms with Crippen molar-refractivity contribution in [2.24, 2.45) is 0 Å². The van der Waals surface area contributed by atoms with Gasteiger partial charge < -0.3 is 19.7 Å². The minimum absolute atomic E-state index is 0.0613. The van der Waals surface area contributed by atoms with E-state index in [1.54, 1.807) is 43.5 Å². The minimum Gasteiger partial charge on any atom is -0.497 e. The standard InChI is InChI=1S/C26H37N3O6S/c1-7-19(3)27-26(31)24(8-2)28(17-20-12-14-22(34-4)15-13-20)25(30)18-29(36(6,32)33)21-10-9-11-23(16-21)35-5/h9-16,19,24H,7-8,17-18H2,1-6H3,(H,27,31)/t19-,24+/m1/s1. The SMILES string of the molecule is CC[C@@H](C)NC(=O)[C@H](CC)N(Cc1ccc(OC)cc1)C(=O)CN(c1cccc(OC)c1)S(C)(=O)=O. The molecule has 0 aliphatic carbocycles. The van der Waals surface area contributed by atoms with Crippen molar-refractivity contribution in [3.05, 3.63) is 54.1 Å². The van der Waals surface area contributed by atoms with E-state index in [0.717, 1.165) is 22.5 Å². The number of hydrogen-bond donors (Lipinski definition) is 1. The predicted octanol–water partition coefficient (Wildman–Crippen LogP) is 3.19. The Balaban J connectivity index is 2.44. The van der Waals surface area contributed by atoms with Crippen LogP contribution in [0.5, 0.6) is 11.5 Å². The van der Waals surface area contributed by atoms with Gasteiger partial charge in [0.2, 0.25) is 21.8 Å². The number of nitrogens with zero attached hydrogens (tertiary/aromatic N) is 2. The molecule has 0 saturated heterocycles. The quantitative estimate of drug-likeness (QED) is 0.436. The third kappa shape index (κ3) is 7.87. The van der Waals surface area contributed by atoms with Crippen molar-refractivity contribution in [2.75, 3.05) is 31.3 Å². The van der Waals surface area contributed by atoms with Gasteiger partial charge in [-0.2, -0.15) is 0 Å². The van der Waals surface area contributed by atoms with Crippen LogP contribution in [0.15, 0.2) is 48.5 Å². The topological polar surface area (TPSA) is 105 Å². The molecule has 10 heteroatoms. The number of rotatable bonds is 13. The molecule has 0 fully saturated rings. The fourth-order valence-electron chi connectivity index (χ4n) is 3.67. The monoisotopic (exact) mass is 519 g/mol. The van der Waals surface area contributed by atoms with Crippen LogP contribution in [0, 0.1) is 0 Å². The van der Waals surface area contributed by atoms with Crippen molar-refractivity contribution >= 4 is 27.5 Å². The molecule has 198 valence electrons. The molecular formula is C26H37N3O6S. The summed E-state index contributed by atoms with van der Waals surface area (Å²) in [6, 6.07) is 12.8. The van der Waals surface area contributed by atoms with Gasteiger partial charge in [-0.25, -0.2) is 8.42 Å². The summed E-state index contributed by atoms with van der Waals surface area (Å²) >= 11 is 0. The second kappa shape index (κ2) is 13.2. The van der Waals surface area contributed by atoms with E-state index in [2.05, 4.69) is 5.32 Å². The fraction of sp³-hybridized carbons (Fsp3) is 0.462. The molecule has 2 rings (SSSR count). The molecule has 0 unspecified atom stereocenters. The average Bonchev–Trinajstić information content (AvgIpc) is 2.86. The highest BCUT2D eigenvalue weighted by Crippen LogP contribution is 2.24. The van der Waals surface area contributed by atoms with Gasteiger partial charge in [-0.3, -0.25) is 13.9 Å². The Bertz CT molecular complexity index is 1120. The van der Waals surface area contributed by atoms with Crippen LogP contribution in [0.4, 0.5) is 5.69 Å². The van der Waals surface area contributed by atoms with Crippen LogP contribution in [0.1, 0.15) is 39.2 Å². The van der Waals surface area contributed by atoms with Crippen molar-refractivity contribution in [1.82, 2.24) is 10.2 Å². The summed E-state index contributed by atoms with van der Waals surface area (Å²) in [5, 5.41) is 2.95. The lowest BCUT2D eigenvalue weighted by molar-refractivity contribution is -0.140. The maximum Gasteiger partial charge on any atom is 0.244 e. The molecular weight excluding hydrogens is 482 g/mol. The van der Waals surface area contributed by atoms with Gasteiger partial charge >= 0.3 is 0 Å². The Morgan fingerprint density at radius 2 is 1.61 bits per heavy atom. The van der Waals surface area contributed by atoms with Crippen LogP contribution in [-0.2, 0) is 26.2 Å². The van der Waals surface area contributed by atoms with Crippen LogP contribution < -0.4 is 19.1 Å². The molecule has 2 atom stereocenters. The molecule has 2 aromatic carbocycles. The second-order valence-electron chi connectivity index (χ2n) is 8.58. The zero-order valence-corrected chi connectivity index (χ0v) is 22.7. The molecule has 0 aliphatic heterocycles. The van der Waals surface area contributed by atoms with E-state index < -0.39 is 28.5 Å². The van der Waals surface area contributed by atoms with Crippen LogP contribution in [0.25, 0.3) is 0 Å². The van der Waals surface area contributed by atoms with Gasteiger partial charge in [-0.05, 0) is 49.6 Å². The lowest BCUT2D eigenvalue weighted by atomic mass is 10.1. The molecule has 0 radical (unpaired) electrons. The molecule has 1 N–H and O–H groups in total. The number of carbonyl (C=O) groups is 2. The Morgan fingerprint density at radius 1 is 0.972 bits per heavy atom. The van der Waals surface area contributed by atoms with Crippen molar-refractivity contribution in [2.45, 2.75) is 52.2 Å². The number of sulfonamides is 1. The molecule has 9 nitrogen and oxygen atoms in total. The normalized spacial score (nSPS) is 12.8. The number of hydrogen-bond acceptors (Lipinski definition) is 6. The molecule has 2 amide bonds. The Hall–Kier alpha value is -3.27. The van der Waals surface area contributed by atoms with Crippen molar-refractivity contribution in [3.8, 4) is 11.5 Å². The van der Waals surface area contributed by atoms with Crippen molar-refractivity contribution in [1.29, 1.82) is 0 Å². The van der Waals surface area contributed by atoms with E-state index in [9.17, 15) is 18.0 Å². The van der Waals surface area contributed by atoms with Crippen LogP contribution in [-0.4, -0.2) is 64.2 Å². The van der Waals surface area contributed by atoms with E-state index in [0.29, 0.717) is 23.6 Å². The van der Waals surface area contributed by atoms with E-state index in [-0.39, 0.29) is 18.5 Å². The van der Waals surface area contributed by atoms with Gasteiger partial charge in [0.05, 0.1) is 26.2 Å². The smallest absolute Gasteiger partial charge is 0.244 e. The zero-order valence-electron chi connectivity index (χ0n) is 21.9. The maximum atomic E-state index is 13.7. The van der Waals surface area contributed by atoms with E-state index >= 15 is 0 Å². The van der Waals surface area contributed by atoms with Gasteiger partial charge in [0.1, 0.15) is 24.1 Å². The summed E-state index contributed by atoms with van der Waals surface area (Å²) < 4.78 is 36.9. The van der Waals surface area contributed by atoms with E-state index in [1.165, 1.54) is 12.0 Å². The van der Waals surface area contributed by atoms with Crippen LogP contribution >= 0.6 is 0 Å². The molecule has 0 saturated carbocycles. The molecule has 0 bridgehead atoms.